The van der Waals surface area contributed by atoms with Gasteiger partial charge in [0.25, 0.3) is 11.6 Å². The molecule has 9 nitrogen and oxygen atoms in total. The van der Waals surface area contributed by atoms with E-state index in [1.54, 1.807) is 18.3 Å². The molecule has 0 spiro atoms. The number of nitrogens with one attached hydrogen (secondary N) is 1. The Kier molecular flexibility index (Phi) is 7.11. The number of aromatic nitrogens is 2. The van der Waals surface area contributed by atoms with Gasteiger partial charge < -0.3 is 14.8 Å². The minimum atomic E-state index is -0.543. The maximum absolute atomic E-state index is 12.7. The third-order valence-corrected chi connectivity index (χ3v) is 5.37. The summed E-state index contributed by atoms with van der Waals surface area (Å²) < 4.78 is 13.9. The second-order valence-corrected chi connectivity index (χ2v) is 8.74. The fraction of sp³-hybridized carbons (Fsp3) is 0.120. The van der Waals surface area contributed by atoms with Crippen molar-refractivity contribution < 1.29 is 19.2 Å². The average molecular weight is 537 g/mol. The number of carbonyl (C=O) groups is 1. The fourth-order valence-electron chi connectivity index (χ4n) is 3.37. The van der Waals surface area contributed by atoms with Crippen LogP contribution in [0.5, 0.6) is 17.2 Å². The van der Waals surface area contributed by atoms with Crippen LogP contribution < -0.4 is 14.8 Å². The summed E-state index contributed by atoms with van der Waals surface area (Å²) >= 11 is 3.36. The molecule has 0 saturated carbocycles. The first-order chi connectivity index (χ1) is 16.7. The molecule has 1 heterocycles. The Bertz CT molecular complexity index is 1360. The molecule has 35 heavy (non-hydrogen) atoms. The van der Waals surface area contributed by atoms with Gasteiger partial charge in [0.2, 0.25) is 0 Å². The lowest BCUT2D eigenvalue weighted by atomic mass is 10.1. The Morgan fingerprint density at radius 3 is 2.37 bits per heavy atom. The third-order valence-electron chi connectivity index (χ3n) is 4.84. The summed E-state index contributed by atoms with van der Waals surface area (Å²) in [5, 5.41) is 18.3. The molecule has 178 valence electrons. The van der Waals surface area contributed by atoms with Gasteiger partial charge in [-0.25, -0.2) is 4.68 Å². The highest BCUT2D eigenvalue weighted by molar-refractivity contribution is 9.10. The highest BCUT2D eigenvalue weighted by Gasteiger charge is 2.16. The van der Waals surface area contributed by atoms with E-state index in [1.807, 2.05) is 44.2 Å². The van der Waals surface area contributed by atoms with Gasteiger partial charge in [-0.1, -0.05) is 22.0 Å². The molecule has 0 aliphatic carbocycles. The van der Waals surface area contributed by atoms with Crippen molar-refractivity contribution in [3.8, 4) is 17.2 Å². The number of hydrogen-bond donors (Lipinski definition) is 1. The SMILES string of the molecule is Cc1cc(C)cc(Oc2cc(NC(=O)c3ccn(COc4ccc(Br)cc4)n3)cc([N+](=O)[O-])c2)c1. The second kappa shape index (κ2) is 10.4. The molecule has 3 aromatic carbocycles. The zero-order valence-corrected chi connectivity index (χ0v) is 20.5. The van der Waals surface area contributed by atoms with Gasteiger partial charge >= 0.3 is 0 Å². The molecule has 10 heteroatoms. The molecular formula is C25H21BrN4O5. The van der Waals surface area contributed by atoms with Crippen molar-refractivity contribution >= 4 is 33.2 Å². The first kappa shape index (κ1) is 24.0. The predicted molar refractivity (Wildman–Crippen MR) is 134 cm³/mol. The molecule has 1 amide bonds. The summed E-state index contributed by atoms with van der Waals surface area (Å²) in [7, 11) is 0. The minimum Gasteiger partial charge on any atom is -0.471 e. The number of carbonyl (C=O) groups excluding carboxylic acids is 1. The molecule has 0 fully saturated rings. The number of ether oxygens (including phenoxy) is 2. The number of benzene rings is 3. The van der Waals surface area contributed by atoms with Crippen LogP contribution in [0.4, 0.5) is 11.4 Å². The van der Waals surface area contributed by atoms with E-state index in [9.17, 15) is 14.9 Å². The molecule has 0 atom stereocenters. The lowest BCUT2D eigenvalue weighted by molar-refractivity contribution is -0.384. The van der Waals surface area contributed by atoms with E-state index in [1.165, 1.54) is 28.9 Å². The lowest BCUT2D eigenvalue weighted by Crippen LogP contribution is -2.14. The van der Waals surface area contributed by atoms with Crippen molar-refractivity contribution in [1.82, 2.24) is 9.78 Å². The summed E-state index contributed by atoms with van der Waals surface area (Å²) in [4.78, 5) is 23.6. The van der Waals surface area contributed by atoms with E-state index in [-0.39, 0.29) is 29.5 Å². The highest BCUT2D eigenvalue weighted by atomic mass is 79.9. The van der Waals surface area contributed by atoms with Crippen molar-refractivity contribution in [2.45, 2.75) is 20.6 Å². The number of nitro benzene ring substituents is 1. The molecule has 0 saturated heterocycles. The van der Waals surface area contributed by atoms with Crippen LogP contribution in [0.25, 0.3) is 0 Å². The number of amides is 1. The Morgan fingerprint density at radius 2 is 1.69 bits per heavy atom. The van der Waals surface area contributed by atoms with Gasteiger partial charge in [-0.15, -0.1) is 0 Å². The molecule has 0 radical (unpaired) electrons. The smallest absolute Gasteiger partial charge is 0.276 e. The second-order valence-electron chi connectivity index (χ2n) is 7.82. The Morgan fingerprint density at radius 1 is 1.00 bits per heavy atom. The molecule has 1 aromatic heterocycles. The first-order valence-corrected chi connectivity index (χ1v) is 11.3. The molecule has 4 rings (SSSR count). The van der Waals surface area contributed by atoms with Gasteiger partial charge in [-0.2, -0.15) is 5.10 Å². The Balaban J connectivity index is 1.47. The van der Waals surface area contributed by atoms with Crippen LogP contribution in [-0.2, 0) is 6.73 Å². The predicted octanol–water partition coefficient (Wildman–Crippen LogP) is 6.25. The van der Waals surface area contributed by atoms with E-state index in [0.29, 0.717) is 11.5 Å². The van der Waals surface area contributed by atoms with Crippen LogP contribution in [0.3, 0.4) is 0 Å². The van der Waals surface area contributed by atoms with Crippen LogP contribution in [0.2, 0.25) is 0 Å². The molecule has 0 aliphatic heterocycles. The van der Waals surface area contributed by atoms with Crippen LogP contribution >= 0.6 is 15.9 Å². The zero-order chi connectivity index (χ0) is 24.9. The highest BCUT2D eigenvalue weighted by Crippen LogP contribution is 2.31. The Labute approximate surface area is 209 Å². The number of hydrogen-bond acceptors (Lipinski definition) is 6. The maximum atomic E-state index is 12.7. The molecule has 4 aromatic rings. The quantitative estimate of drug-likeness (QED) is 0.210. The topological polar surface area (TPSA) is 109 Å². The number of nitro groups is 1. The van der Waals surface area contributed by atoms with Gasteiger partial charge in [0.05, 0.1) is 16.7 Å². The molecule has 1 N–H and O–H groups in total. The maximum Gasteiger partial charge on any atom is 0.276 e. The largest absolute Gasteiger partial charge is 0.471 e. The summed E-state index contributed by atoms with van der Waals surface area (Å²) in [6, 6.07) is 18.6. The van der Waals surface area contributed by atoms with Crippen LogP contribution in [0.1, 0.15) is 21.6 Å². The van der Waals surface area contributed by atoms with Gasteiger partial charge in [0.1, 0.15) is 17.2 Å². The molecule has 0 unspecified atom stereocenters. The van der Waals surface area contributed by atoms with E-state index in [0.717, 1.165) is 15.6 Å². The summed E-state index contributed by atoms with van der Waals surface area (Å²) in [6.07, 6.45) is 1.61. The Hall–Kier alpha value is -4.18. The summed E-state index contributed by atoms with van der Waals surface area (Å²) in [6.45, 7) is 3.98. The normalized spacial score (nSPS) is 10.6. The molecular weight excluding hydrogens is 516 g/mol. The third kappa shape index (κ3) is 6.45. The van der Waals surface area contributed by atoms with Crippen molar-refractivity contribution in [2.24, 2.45) is 0 Å². The van der Waals surface area contributed by atoms with Crippen molar-refractivity contribution in [1.29, 1.82) is 0 Å². The molecule has 0 bridgehead atoms. The number of rotatable bonds is 8. The van der Waals surface area contributed by atoms with Crippen molar-refractivity contribution in [2.75, 3.05) is 5.32 Å². The van der Waals surface area contributed by atoms with Crippen LogP contribution in [-0.4, -0.2) is 20.6 Å². The number of halogens is 1. The monoisotopic (exact) mass is 536 g/mol. The molecule has 0 aliphatic rings. The first-order valence-electron chi connectivity index (χ1n) is 10.5. The van der Waals surface area contributed by atoms with E-state index >= 15 is 0 Å². The number of anilines is 1. The van der Waals surface area contributed by atoms with Crippen LogP contribution in [0.15, 0.2) is 77.4 Å². The van der Waals surface area contributed by atoms with Crippen LogP contribution in [0, 0.1) is 24.0 Å². The minimum absolute atomic E-state index is 0.111. The van der Waals surface area contributed by atoms with E-state index in [2.05, 4.69) is 26.3 Å². The van der Waals surface area contributed by atoms with E-state index in [4.69, 9.17) is 9.47 Å². The van der Waals surface area contributed by atoms with Gasteiger partial charge in [0, 0.05) is 22.8 Å². The fourth-order valence-corrected chi connectivity index (χ4v) is 3.63. The van der Waals surface area contributed by atoms with Gasteiger partial charge in [-0.3, -0.25) is 14.9 Å². The van der Waals surface area contributed by atoms with E-state index < -0.39 is 10.8 Å². The summed E-state index contributed by atoms with van der Waals surface area (Å²) in [5.41, 5.74) is 2.13. The van der Waals surface area contributed by atoms with Gasteiger partial charge in [0.15, 0.2) is 12.4 Å². The lowest BCUT2D eigenvalue weighted by Gasteiger charge is -2.10. The number of aryl methyl sites for hydroxylation is 2. The number of nitrogens with zero attached hydrogens (tertiary/aromatic N) is 3. The van der Waals surface area contributed by atoms with Crippen molar-refractivity contribution in [3.05, 3.63) is 104 Å². The summed E-state index contributed by atoms with van der Waals surface area (Å²) in [5.74, 6) is 0.908. The number of non-ortho nitro benzene ring substituents is 1. The van der Waals surface area contributed by atoms with Crippen molar-refractivity contribution in [3.63, 3.8) is 0 Å². The zero-order valence-electron chi connectivity index (χ0n) is 18.9. The van der Waals surface area contributed by atoms with Gasteiger partial charge in [-0.05, 0) is 67.4 Å². The standard InChI is InChI=1S/C25H21BrN4O5/c1-16-9-17(2)11-22(10-16)35-23-13-19(12-20(14-23)30(32)33)27-25(31)24-7-8-29(28-24)15-34-21-5-3-18(26)4-6-21/h3-14H,15H2,1-2H3,(H,27,31). The average Bonchev–Trinajstić information content (AvgIpc) is 3.27.